The van der Waals surface area contributed by atoms with Gasteiger partial charge in [0.1, 0.15) is 12.1 Å². The molecule has 0 aromatic heterocycles. The Morgan fingerprint density at radius 3 is 2.43 bits per heavy atom. The summed E-state index contributed by atoms with van der Waals surface area (Å²) in [6.07, 6.45) is 0. The van der Waals surface area contributed by atoms with Crippen LogP contribution in [0, 0.1) is 10.1 Å². The van der Waals surface area contributed by atoms with Crippen LogP contribution in [0.15, 0.2) is 24.3 Å². The number of amides is 2. The molecular formula is C14H17N3O6. The lowest BCUT2D eigenvalue weighted by Crippen LogP contribution is -2.50. The molecule has 0 radical (unpaired) electrons. The van der Waals surface area contributed by atoms with Crippen LogP contribution in [0.3, 0.4) is 0 Å². The summed E-state index contributed by atoms with van der Waals surface area (Å²) in [5.41, 5.74) is -0.207. The van der Waals surface area contributed by atoms with Gasteiger partial charge < -0.3 is 15.3 Å². The van der Waals surface area contributed by atoms with Crippen LogP contribution >= 0.6 is 0 Å². The summed E-state index contributed by atoms with van der Waals surface area (Å²) in [6.45, 7) is 2.75. The third-order valence-electron chi connectivity index (χ3n) is 3.32. The van der Waals surface area contributed by atoms with Crippen molar-refractivity contribution in [3.8, 4) is 0 Å². The van der Waals surface area contributed by atoms with E-state index in [1.54, 1.807) is 0 Å². The van der Waals surface area contributed by atoms with Gasteiger partial charge in [0.2, 0.25) is 5.91 Å². The number of hydrogen-bond acceptors (Lipinski definition) is 5. The van der Waals surface area contributed by atoms with Gasteiger partial charge in [-0.3, -0.25) is 19.7 Å². The van der Waals surface area contributed by atoms with Gasteiger partial charge in [0.05, 0.1) is 4.92 Å². The third kappa shape index (κ3) is 4.50. The number of likely N-dealkylation sites (N-methyl/N-ethyl adjacent to an activating group) is 1. The average Bonchev–Trinajstić information content (AvgIpc) is 2.52. The van der Waals surface area contributed by atoms with E-state index in [-0.39, 0.29) is 11.3 Å². The van der Waals surface area contributed by atoms with Gasteiger partial charge in [-0.15, -0.1) is 0 Å². The molecule has 0 bridgehead atoms. The number of non-ortho nitro benzene ring substituents is 1. The first-order valence-electron chi connectivity index (χ1n) is 6.70. The highest BCUT2D eigenvalue weighted by molar-refractivity contribution is 5.98. The maximum atomic E-state index is 12.1. The van der Waals surface area contributed by atoms with Crippen LogP contribution in [0.25, 0.3) is 0 Å². The minimum atomic E-state index is -1.17. The molecule has 0 fully saturated rings. The van der Waals surface area contributed by atoms with E-state index in [0.717, 1.165) is 11.0 Å². The second kappa shape index (κ2) is 7.34. The quantitative estimate of drug-likeness (QED) is 0.584. The van der Waals surface area contributed by atoms with Crippen molar-refractivity contribution in [1.29, 1.82) is 0 Å². The zero-order valence-corrected chi connectivity index (χ0v) is 12.8. The van der Waals surface area contributed by atoms with Crippen molar-refractivity contribution >= 4 is 23.5 Å². The Hall–Kier alpha value is -2.97. The number of carbonyl (C=O) groups is 3. The number of nitrogens with one attached hydrogen (secondary N) is 1. The fraction of sp³-hybridized carbons (Fsp3) is 0.357. The Kier molecular flexibility index (Phi) is 5.77. The molecule has 0 heterocycles. The lowest BCUT2D eigenvalue weighted by molar-refractivity contribution is -0.384. The molecular weight excluding hydrogens is 306 g/mol. The number of benzene rings is 1. The lowest BCUT2D eigenvalue weighted by Gasteiger charge is -2.25. The first kappa shape index (κ1) is 18.1. The number of carbonyl (C=O) groups excluding carboxylic acids is 2. The number of carboxylic acid groups (broad SMARTS) is 1. The van der Waals surface area contributed by atoms with Crippen molar-refractivity contribution in [3.05, 3.63) is 39.9 Å². The molecule has 0 aliphatic carbocycles. The highest BCUT2D eigenvalue weighted by atomic mass is 16.6. The van der Waals surface area contributed by atoms with E-state index in [0.29, 0.717) is 0 Å². The summed E-state index contributed by atoms with van der Waals surface area (Å²) in [6, 6.07) is 3.05. The molecule has 2 unspecified atom stereocenters. The summed E-state index contributed by atoms with van der Waals surface area (Å²) in [4.78, 5) is 46.0. The number of nitro benzene ring substituents is 1. The number of nitro groups is 1. The van der Waals surface area contributed by atoms with E-state index in [1.165, 1.54) is 39.1 Å². The van der Waals surface area contributed by atoms with Crippen molar-refractivity contribution in [2.75, 3.05) is 7.05 Å². The molecule has 0 aliphatic rings. The van der Waals surface area contributed by atoms with Gasteiger partial charge in [-0.05, 0) is 19.9 Å². The topological polar surface area (TPSA) is 130 Å². The van der Waals surface area contributed by atoms with Crippen LogP contribution in [0.2, 0.25) is 0 Å². The zero-order chi connectivity index (χ0) is 17.7. The SMILES string of the molecule is CC(NC(=O)c1cccc([N+](=O)[O-])c1)C(=O)N(C)C(C)C(=O)O. The Balaban J connectivity index is 2.80. The summed E-state index contributed by atoms with van der Waals surface area (Å²) >= 11 is 0. The van der Waals surface area contributed by atoms with Crippen LogP contribution < -0.4 is 5.32 Å². The smallest absolute Gasteiger partial charge is 0.326 e. The van der Waals surface area contributed by atoms with Crippen LogP contribution in [0.1, 0.15) is 24.2 Å². The van der Waals surface area contributed by atoms with Crippen LogP contribution in [0.5, 0.6) is 0 Å². The van der Waals surface area contributed by atoms with E-state index in [4.69, 9.17) is 5.11 Å². The highest BCUT2D eigenvalue weighted by Gasteiger charge is 2.27. The van der Waals surface area contributed by atoms with Crippen LogP contribution in [-0.4, -0.2) is 51.8 Å². The van der Waals surface area contributed by atoms with E-state index < -0.39 is 34.8 Å². The van der Waals surface area contributed by atoms with Gasteiger partial charge >= 0.3 is 5.97 Å². The van der Waals surface area contributed by atoms with Gasteiger partial charge in [0.15, 0.2) is 0 Å². The van der Waals surface area contributed by atoms with E-state index in [9.17, 15) is 24.5 Å². The van der Waals surface area contributed by atoms with Crippen LogP contribution in [0.4, 0.5) is 5.69 Å². The fourth-order valence-electron chi connectivity index (χ4n) is 1.76. The zero-order valence-electron chi connectivity index (χ0n) is 12.8. The molecule has 1 aromatic carbocycles. The molecule has 0 spiro atoms. The second-order valence-corrected chi connectivity index (χ2v) is 4.97. The number of hydrogen-bond donors (Lipinski definition) is 2. The molecule has 2 amide bonds. The summed E-state index contributed by atoms with van der Waals surface area (Å²) in [5.74, 6) is -2.41. The third-order valence-corrected chi connectivity index (χ3v) is 3.32. The molecule has 9 heteroatoms. The second-order valence-electron chi connectivity index (χ2n) is 4.97. The van der Waals surface area contributed by atoms with E-state index in [2.05, 4.69) is 5.32 Å². The van der Waals surface area contributed by atoms with Gasteiger partial charge in [-0.1, -0.05) is 6.07 Å². The molecule has 9 nitrogen and oxygen atoms in total. The average molecular weight is 323 g/mol. The molecule has 124 valence electrons. The summed E-state index contributed by atoms with van der Waals surface area (Å²) in [5, 5.41) is 22.0. The maximum Gasteiger partial charge on any atom is 0.326 e. The largest absolute Gasteiger partial charge is 0.480 e. The monoisotopic (exact) mass is 323 g/mol. The maximum absolute atomic E-state index is 12.1. The van der Waals surface area contributed by atoms with Gasteiger partial charge in [0.25, 0.3) is 11.6 Å². The number of carboxylic acids is 1. The predicted octanol–water partition coefficient (Wildman–Crippen LogP) is 0.645. The normalized spacial score (nSPS) is 12.8. The standard InChI is InChI=1S/C14H17N3O6/c1-8(13(19)16(3)9(2)14(20)21)15-12(18)10-5-4-6-11(7-10)17(22)23/h4-9H,1-3H3,(H,15,18)(H,20,21). The number of nitrogens with zero attached hydrogens (tertiary/aromatic N) is 2. The number of aliphatic carboxylic acids is 1. The fourth-order valence-corrected chi connectivity index (χ4v) is 1.76. The van der Waals surface area contributed by atoms with E-state index >= 15 is 0 Å². The van der Waals surface area contributed by atoms with Crippen molar-refractivity contribution in [2.24, 2.45) is 0 Å². The molecule has 0 saturated carbocycles. The summed E-state index contributed by atoms with van der Waals surface area (Å²) in [7, 11) is 1.32. The van der Waals surface area contributed by atoms with Crippen molar-refractivity contribution < 1.29 is 24.4 Å². The van der Waals surface area contributed by atoms with Crippen molar-refractivity contribution in [1.82, 2.24) is 10.2 Å². The Morgan fingerprint density at radius 2 is 1.91 bits per heavy atom. The first-order chi connectivity index (χ1) is 10.6. The molecule has 2 atom stereocenters. The summed E-state index contributed by atoms with van der Waals surface area (Å²) < 4.78 is 0. The molecule has 2 N–H and O–H groups in total. The van der Waals surface area contributed by atoms with Crippen LogP contribution in [-0.2, 0) is 9.59 Å². The minimum absolute atomic E-state index is 0.0350. The molecule has 23 heavy (non-hydrogen) atoms. The van der Waals surface area contributed by atoms with Gasteiger partial charge in [-0.25, -0.2) is 4.79 Å². The van der Waals surface area contributed by atoms with E-state index in [1.807, 2.05) is 0 Å². The van der Waals surface area contributed by atoms with Crippen molar-refractivity contribution in [2.45, 2.75) is 25.9 Å². The predicted molar refractivity (Wildman–Crippen MR) is 79.9 cm³/mol. The molecule has 0 aliphatic heterocycles. The first-order valence-corrected chi connectivity index (χ1v) is 6.70. The van der Waals surface area contributed by atoms with Gasteiger partial charge in [-0.2, -0.15) is 0 Å². The van der Waals surface area contributed by atoms with Gasteiger partial charge in [0, 0.05) is 24.7 Å². The van der Waals surface area contributed by atoms with Crippen molar-refractivity contribution in [3.63, 3.8) is 0 Å². The highest BCUT2D eigenvalue weighted by Crippen LogP contribution is 2.13. The molecule has 1 rings (SSSR count). The molecule has 1 aromatic rings. The molecule has 0 saturated heterocycles. The minimum Gasteiger partial charge on any atom is -0.480 e. The Morgan fingerprint density at radius 1 is 1.30 bits per heavy atom. The number of rotatable bonds is 6. The lowest BCUT2D eigenvalue weighted by atomic mass is 10.1. The Bertz CT molecular complexity index is 645. The Labute approximate surface area is 132 Å².